The van der Waals surface area contributed by atoms with Crippen LogP contribution in [0.5, 0.6) is 5.75 Å². The minimum Gasteiger partial charge on any atom is -0.508 e. The van der Waals surface area contributed by atoms with Crippen molar-refractivity contribution in [2.75, 3.05) is 18.5 Å². The van der Waals surface area contributed by atoms with Crippen LogP contribution in [0.4, 0.5) is 5.69 Å². The predicted octanol–water partition coefficient (Wildman–Crippen LogP) is 2.57. The number of hydrogen-bond acceptors (Lipinski definition) is 5. The summed E-state index contributed by atoms with van der Waals surface area (Å²) in [5, 5.41) is 14.7. The van der Waals surface area contributed by atoms with Gasteiger partial charge in [0.1, 0.15) is 5.75 Å². The maximum Gasteiger partial charge on any atom is 0.338 e. The van der Waals surface area contributed by atoms with E-state index in [2.05, 4.69) is 10.6 Å². The summed E-state index contributed by atoms with van der Waals surface area (Å²) >= 11 is 0. The van der Waals surface area contributed by atoms with E-state index in [4.69, 9.17) is 4.74 Å². The Kier molecular flexibility index (Phi) is 6.93. The van der Waals surface area contributed by atoms with Gasteiger partial charge in [-0.25, -0.2) is 4.79 Å². The van der Waals surface area contributed by atoms with Crippen molar-refractivity contribution in [2.45, 2.75) is 13.8 Å². The number of anilines is 1. The van der Waals surface area contributed by atoms with Crippen LogP contribution in [0.1, 0.15) is 34.6 Å². The fourth-order valence-electron chi connectivity index (χ4n) is 2.22. The summed E-state index contributed by atoms with van der Waals surface area (Å²) < 4.78 is 4.93. The zero-order valence-corrected chi connectivity index (χ0v) is 15.2. The molecule has 0 atom stereocenters. The molecule has 0 radical (unpaired) electrons. The molecule has 3 N–H and O–H groups in total. The van der Waals surface area contributed by atoms with Gasteiger partial charge >= 0.3 is 5.97 Å². The van der Waals surface area contributed by atoms with E-state index in [1.807, 2.05) is 13.8 Å². The number of carbonyl (C=O) groups is 3. The zero-order chi connectivity index (χ0) is 19.8. The summed E-state index contributed by atoms with van der Waals surface area (Å²) in [4.78, 5) is 36.3. The van der Waals surface area contributed by atoms with E-state index in [1.165, 1.54) is 24.3 Å². The summed E-state index contributed by atoms with van der Waals surface area (Å²) in [6.07, 6.45) is 0. The molecule has 0 spiro atoms. The molecule has 0 aromatic heterocycles. The summed E-state index contributed by atoms with van der Waals surface area (Å²) in [6, 6.07) is 12.2. The van der Waals surface area contributed by atoms with Gasteiger partial charge in [0.05, 0.1) is 16.8 Å². The third-order valence-electron chi connectivity index (χ3n) is 3.53. The van der Waals surface area contributed by atoms with Gasteiger partial charge in [0, 0.05) is 6.54 Å². The molecule has 2 amide bonds. The van der Waals surface area contributed by atoms with E-state index >= 15 is 0 Å². The molecule has 0 heterocycles. The Hall–Kier alpha value is -3.35. The molecule has 0 aliphatic rings. The Labute approximate surface area is 157 Å². The number of aromatic hydroxyl groups is 1. The third-order valence-corrected chi connectivity index (χ3v) is 3.53. The number of carbonyl (C=O) groups excluding carboxylic acids is 3. The molecule has 0 bridgehead atoms. The number of benzene rings is 2. The van der Waals surface area contributed by atoms with Crippen LogP contribution in [-0.4, -0.2) is 36.0 Å². The van der Waals surface area contributed by atoms with Crippen LogP contribution >= 0.6 is 0 Å². The molecule has 2 rings (SSSR count). The van der Waals surface area contributed by atoms with Crippen molar-refractivity contribution in [1.29, 1.82) is 0 Å². The highest BCUT2D eigenvalue weighted by molar-refractivity contribution is 6.04. The molecule has 0 saturated carbocycles. The first-order valence-electron chi connectivity index (χ1n) is 8.50. The van der Waals surface area contributed by atoms with E-state index in [0.29, 0.717) is 23.7 Å². The highest BCUT2D eigenvalue weighted by Crippen LogP contribution is 2.15. The summed E-state index contributed by atoms with van der Waals surface area (Å²) in [6.45, 7) is 3.96. The van der Waals surface area contributed by atoms with Gasteiger partial charge in [0.25, 0.3) is 11.8 Å². The monoisotopic (exact) mass is 370 g/mol. The fraction of sp³-hybridized carbons (Fsp3) is 0.250. The Morgan fingerprint density at radius 1 is 1.07 bits per heavy atom. The first-order chi connectivity index (χ1) is 12.9. The highest BCUT2D eigenvalue weighted by atomic mass is 16.5. The van der Waals surface area contributed by atoms with E-state index in [0.717, 1.165) is 0 Å². The van der Waals surface area contributed by atoms with Crippen molar-refractivity contribution >= 4 is 23.5 Å². The second kappa shape index (κ2) is 9.38. The van der Waals surface area contributed by atoms with Crippen LogP contribution in [0.2, 0.25) is 0 Å². The largest absolute Gasteiger partial charge is 0.508 e. The van der Waals surface area contributed by atoms with Crippen LogP contribution in [0, 0.1) is 5.92 Å². The molecule has 0 unspecified atom stereocenters. The van der Waals surface area contributed by atoms with E-state index in [9.17, 15) is 19.5 Å². The van der Waals surface area contributed by atoms with E-state index in [-0.39, 0.29) is 17.2 Å². The standard InChI is InChI=1S/C20H22N2O5/c1-13(2)11-21-19(25)16-8-3-4-9-17(16)22-18(24)12-27-20(26)14-6-5-7-15(23)10-14/h3-10,13,23H,11-12H2,1-2H3,(H,21,25)(H,22,24). The molecule has 0 aliphatic heterocycles. The molecule has 142 valence electrons. The lowest BCUT2D eigenvalue weighted by Gasteiger charge is -2.12. The first-order valence-corrected chi connectivity index (χ1v) is 8.50. The number of phenolic OH excluding ortho intramolecular Hbond substituents is 1. The van der Waals surface area contributed by atoms with Crippen LogP contribution < -0.4 is 10.6 Å². The second-order valence-electron chi connectivity index (χ2n) is 6.32. The molecule has 7 nitrogen and oxygen atoms in total. The normalized spacial score (nSPS) is 10.3. The Morgan fingerprint density at radius 2 is 1.81 bits per heavy atom. The van der Waals surface area contributed by atoms with Crippen LogP contribution in [0.3, 0.4) is 0 Å². The molecule has 2 aromatic carbocycles. The third kappa shape index (κ3) is 6.14. The Morgan fingerprint density at radius 3 is 2.52 bits per heavy atom. The Bertz CT molecular complexity index is 833. The number of rotatable bonds is 7. The molecular weight excluding hydrogens is 348 g/mol. The van der Waals surface area contributed by atoms with Gasteiger partial charge in [-0.1, -0.05) is 32.0 Å². The quantitative estimate of drug-likeness (QED) is 0.650. The predicted molar refractivity (Wildman–Crippen MR) is 101 cm³/mol. The topological polar surface area (TPSA) is 105 Å². The summed E-state index contributed by atoms with van der Waals surface area (Å²) in [5.41, 5.74) is 0.791. The van der Waals surface area contributed by atoms with Crippen molar-refractivity contribution < 1.29 is 24.2 Å². The van der Waals surface area contributed by atoms with Gasteiger partial charge < -0.3 is 20.5 Å². The average molecular weight is 370 g/mol. The molecule has 0 saturated heterocycles. The lowest BCUT2D eigenvalue weighted by molar-refractivity contribution is -0.119. The highest BCUT2D eigenvalue weighted by Gasteiger charge is 2.15. The smallest absolute Gasteiger partial charge is 0.338 e. The van der Waals surface area contributed by atoms with Crippen molar-refractivity contribution in [3.05, 3.63) is 59.7 Å². The summed E-state index contributed by atoms with van der Waals surface area (Å²) in [5.74, 6) is -1.38. The molecular formula is C20H22N2O5. The van der Waals surface area contributed by atoms with Gasteiger partial charge in [-0.3, -0.25) is 9.59 Å². The molecule has 7 heteroatoms. The number of nitrogens with one attached hydrogen (secondary N) is 2. The lowest BCUT2D eigenvalue weighted by atomic mass is 10.1. The molecule has 0 aliphatic carbocycles. The fourth-order valence-corrected chi connectivity index (χ4v) is 2.22. The number of para-hydroxylation sites is 1. The minimum absolute atomic E-state index is 0.0739. The second-order valence-corrected chi connectivity index (χ2v) is 6.32. The first kappa shape index (κ1) is 20.0. The molecule has 2 aromatic rings. The molecule has 27 heavy (non-hydrogen) atoms. The van der Waals surface area contributed by atoms with Gasteiger partial charge in [-0.2, -0.15) is 0 Å². The van der Waals surface area contributed by atoms with Crippen molar-refractivity contribution in [2.24, 2.45) is 5.92 Å². The van der Waals surface area contributed by atoms with Crippen LogP contribution in [0.15, 0.2) is 48.5 Å². The number of hydrogen-bond donors (Lipinski definition) is 3. The van der Waals surface area contributed by atoms with Gasteiger partial charge in [0.15, 0.2) is 6.61 Å². The van der Waals surface area contributed by atoms with Crippen LogP contribution in [0.25, 0.3) is 0 Å². The van der Waals surface area contributed by atoms with E-state index < -0.39 is 18.5 Å². The van der Waals surface area contributed by atoms with E-state index in [1.54, 1.807) is 24.3 Å². The van der Waals surface area contributed by atoms with Crippen molar-refractivity contribution in [3.63, 3.8) is 0 Å². The number of phenols is 1. The van der Waals surface area contributed by atoms with Gasteiger partial charge in [-0.15, -0.1) is 0 Å². The number of esters is 1. The number of ether oxygens (including phenoxy) is 1. The molecule has 0 fully saturated rings. The zero-order valence-electron chi connectivity index (χ0n) is 15.2. The van der Waals surface area contributed by atoms with Gasteiger partial charge in [-0.05, 0) is 36.2 Å². The number of amides is 2. The van der Waals surface area contributed by atoms with Gasteiger partial charge in [0.2, 0.25) is 0 Å². The van der Waals surface area contributed by atoms with Crippen LogP contribution in [-0.2, 0) is 9.53 Å². The van der Waals surface area contributed by atoms with Crippen molar-refractivity contribution in [1.82, 2.24) is 5.32 Å². The lowest BCUT2D eigenvalue weighted by Crippen LogP contribution is -2.29. The minimum atomic E-state index is -0.732. The average Bonchev–Trinajstić information content (AvgIpc) is 2.64. The maximum absolute atomic E-state index is 12.3. The Balaban J connectivity index is 1.95. The maximum atomic E-state index is 12.3. The van der Waals surface area contributed by atoms with Crippen molar-refractivity contribution in [3.8, 4) is 5.75 Å². The summed E-state index contributed by atoms with van der Waals surface area (Å²) in [7, 11) is 0. The SMILES string of the molecule is CC(C)CNC(=O)c1ccccc1NC(=O)COC(=O)c1cccc(O)c1.